The van der Waals surface area contributed by atoms with Gasteiger partial charge >= 0.3 is 5.97 Å². The zero-order chi connectivity index (χ0) is 17.4. The van der Waals surface area contributed by atoms with E-state index in [0.717, 1.165) is 18.2 Å². The molecule has 0 bridgehead atoms. The Labute approximate surface area is 143 Å². The van der Waals surface area contributed by atoms with Crippen LogP contribution in [0.5, 0.6) is 0 Å². The van der Waals surface area contributed by atoms with E-state index in [0.29, 0.717) is 29.8 Å². The monoisotopic (exact) mass is 339 g/mol. The van der Waals surface area contributed by atoms with E-state index in [2.05, 4.69) is 10.2 Å². The maximum absolute atomic E-state index is 13.1. The number of nitrogens with zero attached hydrogens (tertiary/aromatic N) is 2. The fourth-order valence-corrected chi connectivity index (χ4v) is 3.49. The Morgan fingerprint density at radius 3 is 2.92 bits per heavy atom. The molecular weight excluding hydrogens is 322 g/mol. The molecule has 1 amide bonds. The number of nitrogens with one attached hydrogen (secondary N) is 1. The van der Waals surface area contributed by atoms with Crippen molar-refractivity contribution < 1.29 is 19.1 Å². The number of likely N-dealkylation sites (tertiary alicyclic amines) is 1. The minimum atomic E-state index is -1.05. The smallest absolute Gasteiger partial charge is 0.339 e. The third-order valence-electron chi connectivity index (χ3n) is 4.71. The first-order valence-electron chi connectivity index (χ1n) is 8.20. The molecule has 3 aromatic rings. The maximum Gasteiger partial charge on any atom is 0.339 e. The van der Waals surface area contributed by atoms with Crippen LogP contribution in [0.15, 0.2) is 41.1 Å². The van der Waals surface area contributed by atoms with Gasteiger partial charge in [-0.3, -0.25) is 9.89 Å². The molecule has 7 heteroatoms. The van der Waals surface area contributed by atoms with E-state index in [4.69, 9.17) is 4.42 Å². The highest BCUT2D eigenvalue weighted by Crippen LogP contribution is 2.34. The van der Waals surface area contributed by atoms with E-state index >= 15 is 0 Å². The summed E-state index contributed by atoms with van der Waals surface area (Å²) < 4.78 is 5.49. The van der Waals surface area contributed by atoms with Gasteiger partial charge in [0, 0.05) is 11.9 Å². The lowest BCUT2D eigenvalue weighted by atomic mass is 9.96. The van der Waals surface area contributed by atoms with Crippen LogP contribution in [0.2, 0.25) is 0 Å². The summed E-state index contributed by atoms with van der Waals surface area (Å²) in [6, 6.07) is 7.05. The molecule has 2 N–H and O–H groups in total. The van der Waals surface area contributed by atoms with Crippen molar-refractivity contribution in [3.63, 3.8) is 0 Å². The van der Waals surface area contributed by atoms with Gasteiger partial charge in [-0.05, 0) is 25.3 Å². The molecule has 1 aromatic carbocycles. The number of fused-ring (bicyclic) bond motifs is 1. The zero-order valence-electron chi connectivity index (χ0n) is 13.4. The van der Waals surface area contributed by atoms with E-state index in [-0.39, 0.29) is 17.5 Å². The molecule has 1 unspecified atom stereocenters. The van der Waals surface area contributed by atoms with Crippen LogP contribution in [-0.4, -0.2) is 38.6 Å². The van der Waals surface area contributed by atoms with Crippen LogP contribution in [0.25, 0.3) is 11.0 Å². The summed E-state index contributed by atoms with van der Waals surface area (Å²) >= 11 is 0. The topological polar surface area (TPSA) is 99.4 Å². The van der Waals surface area contributed by atoms with Crippen molar-refractivity contribution in [2.24, 2.45) is 0 Å². The molecule has 0 saturated carbocycles. The fraction of sp³-hybridized carbons (Fsp3) is 0.278. The van der Waals surface area contributed by atoms with Gasteiger partial charge < -0.3 is 14.4 Å². The summed E-state index contributed by atoms with van der Waals surface area (Å²) in [4.78, 5) is 26.3. The van der Waals surface area contributed by atoms with Crippen molar-refractivity contribution >= 4 is 22.8 Å². The predicted molar refractivity (Wildman–Crippen MR) is 89.4 cm³/mol. The highest BCUT2D eigenvalue weighted by atomic mass is 16.4. The van der Waals surface area contributed by atoms with E-state index < -0.39 is 5.97 Å². The molecule has 1 aliphatic rings. The first kappa shape index (κ1) is 15.4. The number of piperidine rings is 1. The van der Waals surface area contributed by atoms with Gasteiger partial charge in [0.2, 0.25) is 0 Å². The van der Waals surface area contributed by atoms with Crippen molar-refractivity contribution in [2.75, 3.05) is 6.54 Å². The standard InChI is InChI=1S/C18H17N3O4/c22-17(13-10-25-15-7-2-1-5-11(13)15)21-8-4-3-6-14(21)16-12(18(23)24)9-19-20-16/h1-2,5,7,9-10,14H,3-4,6,8H2,(H,19,20)(H,23,24). The van der Waals surface area contributed by atoms with Gasteiger partial charge in [-0.2, -0.15) is 5.10 Å². The minimum absolute atomic E-state index is 0.113. The molecule has 2 aromatic heterocycles. The summed E-state index contributed by atoms with van der Waals surface area (Å²) in [6.07, 6.45) is 5.28. The third-order valence-corrected chi connectivity index (χ3v) is 4.71. The van der Waals surface area contributed by atoms with E-state index in [1.165, 1.54) is 12.5 Å². The maximum atomic E-state index is 13.1. The van der Waals surface area contributed by atoms with Crippen molar-refractivity contribution in [2.45, 2.75) is 25.3 Å². The molecule has 0 radical (unpaired) electrons. The molecule has 1 aliphatic heterocycles. The number of carbonyl (C=O) groups excluding carboxylic acids is 1. The van der Waals surface area contributed by atoms with Gasteiger partial charge in [0.05, 0.1) is 23.5 Å². The number of furan rings is 1. The van der Waals surface area contributed by atoms with Crippen LogP contribution in [-0.2, 0) is 0 Å². The lowest BCUT2D eigenvalue weighted by molar-refractivity contribution is 0.0590. The average Bonchev–Trinajstić information content (AvgIpc) is 3.28. The van der Waals surface area contributed by atoms with E-state index in [9.17, 15) is 14.7 Å². The number of carboxylic acids is 1. The molecule has 3 heterocycles. The number of aromatic carboxylic acids is 1. The Balaban J connectivity index is 1.73. The number of H-pyrrole nitrogens is 1. The molecule has 1 fully saturated rings. The van der Waals surface area contributed by atoms with Gasteiger partial charge in [0.1, 0.15) is 17.4 Å². The second-order valence-corrected chi connectivity index (χ2v) is 6.16. The number of amides is 1. The lowest BCUT2D eigenvalue weighted by Gasteiger charge is -2.35. The number of carboxylic acid groups (broad SMARTS) is 1. The van der Waals surface area contributed by atoms with Crippen LogP contribution < -0.4 is 0 Å². The number of rotatable bonds is 3. The quantitative estimate of drug-likeness (QED) is 0.763. The molecular formula is C18H17N3O4. The number of carbonyl (C=O) groups is 2. The van der Waals surface area contributed by atoms with E-state index in [1.54, 1.807) is 4.90 Å². The molecule has 4 rings (SSSR count). The Kier molecular flexibility index (Phi) is 3.76. The average molecular weight is 339 g/mol. The Morgan fingerprint density at radius 1 is 1.24 bits per heavy atom. The largest absolute Gasteiger partial charge is 0.478 e. The highest BCUT2D eigenvalue weighted by Gasteiger charge is 2.33. The Morgan fingerprint density at radius 2 is 2.08 bits per heavy atom. The molecule has 1 saturated heterocycles. The Hall–Kier alpha value is -3.09. The third kappa shape index (κ3) is 2.57. The van der Waals surface area contributed by atoms with Crippen LogP contribution in [0.3, 0.4) is 0 Å². The lowest BCUT2D eigenvalue weighted by Crippen LogP contribution is -2.39. The molecule has 0 aliphatic carbocycles. The van der Waals surface area contributed by atoms with E-state index in [1.807, 2.05) is 24.3 Å². The zero-order valence-corrected chi connectivity index (χ0v) is 13.4. The SMILES string of the molecule is O=C(O)c1cn[nH]c1C1CCCCN1C(=O)c1coc2ccccc12. The van der Waals surface area contributed by atoms with Crippen molar-refractivity contribution in [1.29, 1.82) is 0 Å². The number of hydrogen-bond donors (Lipinski definition) is 2. The number of para-hydroxylation sites is 1. The number of benzene rings is 1. The Bertz CT molecular complexity index is 943. The second-order valence-electron chi connectivity index (χ2n) is 6.16. The minimum Gasteiger partial charge on any atom is -0.478 e. The fourth-order valence-electron chi connectivity index (χ4n) is 3.49. The number of hydrogen-bond acceptors (Lipinski definition) is 4. The van der Waals surface area contributed by atoms with Crippen molar-refractivity contribution in [3.8, 4) is 0 Å². The molecule has 0 spiro atoms. The first-order chi connectivity index (χ1) is 12.2. The van der Waals surface area contributed by atoms with Crippen molar-refractivity contribution in [3.05, 3.63) is 53.5 Å². The van der Waals surface area contributed by atoms with Gasteiger partial charge in [0.15, 0.2) is 0 Å². The van der Waals surface area contributed by atoms with Crippen LogP contribution in [0.4, 0.5) is 0 Å². The summed E-state index contributed by atoms with van der Waals surface area (Å²) in [5.41, 5.74) is 1.75. The molecule has 25 heavy (non-hydrogen) atoms. The van der Waals surface area contributed by atoms with Crippen LogP contribution >= 0.6 is 0 Å². The normalized spacial score (nSPS) is 17.8. The summed E-state index contributed by atoms with van der Waals surface area (Å²) in [6.45, 7) is 0.571. The summed E-state index contributed by atoms with van der Waals surface area (Å²) in [7, 11) is 0. The first-order valence-corrected chi connectivity index (χ1v) is 8.20. The van der Waals surface area contributed by atoms with Gasteiger partial charge in [-0.15, -0.1) is 0 Å². The predicted octanol–water partition coefficient (Wildman–Crippen LogP) is 3.22. The van der Waals surface area contributed by atoms with Crippen LogP contribution in [0, 0.1) is 0 Å². The van der Waals surface area contributed by atoms with Gasteiger partial charge in [0.25, 0.3) is 5.91 Å². The second kappa shape index (κ2) is 6.08. The van der Waals surface area contributed by atoms with Gasteiger partial charge in [-0.25, -0.2) is 4.79 Å². The summed E-state index contributed by atoms with van der Waals surface area (Å²) in [5, 5.41) is 16.8. The number of aromatic nitrogens is 2. The molecule has 7 nitrogen and oxygen atoms in total. The highest BCUT2D eigenvalue weighted by molar-refractivity contribution is 6.06. The number of aromatic amines is 1. The molecule has 128 valence electrons. The van der Waals surface area contributed by atoms with Crippen LogP contribution in [0.1, 0.15) is 51.7 Å². The summed E-state index contributed by atoms with van der Waals surface area (Å²) in [5.74, 6) is -1.20. The molecule has 1 atom stereocenters. The van der Waals surface area contributed by atoms with Crippen molar-refractivity contribution in [1.82, 2.24) is 15.1 Å². The van der Waals surface area contributed by atoms with Gasteiger partial charge in [-0.1, -0.05) is 18.2 Å².